The van der Waals surface area contributed by atoms with E-state index in [1.165, 1.54) is 0 Å². The first kappa shape index (κ1) is 9.00. The smallest absolute Gasteiger partial charge is 0.258 e. The van der Waals surface area contributed by atoms with Crippen molar-refractivity contribution in [1.82, 2.24) is 0 Å². The number of hydrogen-bond acceptors (Lipinski definition) is 1. The molecule has 1 aromatic rings. The summed E-state index contributed by atoms with van der Waals surface area (Å²) in [4.78, 5) is 13.7. The molecule has 0 saturated carbocycles. The Morgan fingerprint density at radius 3 is 2.71 bits per heavy atom. The van der Waals surface area contributed by atoms with Crippen LogP contribution in [0.25, 0.3) is 5.57 Å². The maximum absolute atomic E-state index is 11.9. The van der Waals surface area contributed by atoms with Crippen LogP contribution < -0.4 is 4.90 Å². The van der Waals surface area contributed by atoms with Crippen molar-refractivity contribution in [2.24, 2.45) is 0 Å². The average Bonchev–Trinajstić information content (AvgIpc) is 2.49. The number of fused-ring (bicyclic) bond motifs is 1. The first-order valence-corrected chi connectivity index (χ1v) is 4.87. The number of para-hydroxylation sites is 1. The van der Waals surface area contributed by atoms with Crippen molar-refractivity contribution in [3.63, 3.8) is 0 Å². The van der Waals surface area contributed by atoms with E-state index in [1.807, 2.05) is 49.1 Å². The number of nitrogens with zero attached hydrogens (tertiary/aromatic N) is 1. The molecule has 72 valence electrons. The molecule has 1 aliphatic heterocycles. The predicted molar refractivity (Wildman–Crippen MR) is 58.1 cm³/mol. The molecule has 0 fully saturated rings. The van der Waals surface area contributed by atoms with Crippen molar-refractivity contribution in [2.45, 2.75) is 13.8 Å². The highest BCUT2D eigenvalue weighted by Gasteiger charge is 2.29. The Morgan fingerprint density at radius 1 is 1.36 bits per heavy atom. The number of carbonyl (C=O) groups is 1. The van der Waals surface area contributed by atoms with E-state index in [0.717, 1.165) is 23.4 Å². The van der Waals surface area contributed by atoms with Crippen molar-refractivity contribution < 1.29 is 4.79 Å². The molecular weight excluding hydrogens is 174 g/mol. The molecule has 1 aliphatic rings. The number of allylic oxidation sites excluding steroid dienone is 1. The molecule has 1 amide bonds. The third-order valence-electron chi connectivity index (χ3n) is 2.57. The van der Waals surface area contributed by atoms with Crippen LogP contribution in [0.2, 0.25) is 0 Å². The second kappa shape index (κ2) is 3.29. The van der Waals surface area contributed by atoms with E-state index < -0.39 is 0 Å². The zero-order valence-electron chi connectivity index (χ0n) is 8.45. The molecule has 2 heteroatoms. The highest BCUT2D eigenvalue weighted by Crippen LogP contribution is 2.35. The van der Waals surface area contributed by atoms with Gasteiger partial charge in [0.05, 0.1) is 5.69 Å². The van der Waals surface area contributed by atoms with Crippen LogP contribution in [0.4, 0.5) is 5.69 Å². The van der Waals surface area contributed by atoms with Crippen molar-refractivity contribution >= 4 is 17.2 Å². The Bertz CT molecular complexity index is 407. The van der Waals surface area contributed by atoms with Crippen LogP contribution in [0.15, 0.2) is 30.3 Å². The van der Waals surface area contributed by atoms with Crippen molar-refractivity contribution in [3.8, 4) is 0 Å². The number of carbonyl (C=O) groups excluding carboxylic acids is 1. The number of rotatable bonds is 1. The molecule has 0 bridgehead atoms. The topological polar surface area (TPSA) is 20.3 Å². The average molecular weight is 187 g/mol. The van der Waals surface area contributed by atoms with Crippen LogP contribution in [0.1, 0.15) is 19.4 Å². The molecule has 2 nitrogen and oxygen atoms in total. The Labute approximate surface area is 83.8 Å². The van der Waals surface area contributed by atoms with Crippen molar-refractivity contribution in [3.05, 3.63) is 35.9 Å². The van der Waals surface area contributed by atoms with E-state index in [4.69, 9.17) is 0 Å². The molecule has 0 aliphatic carbocycles. The van der Waals surface area contributed by atoms with Crippen LogP contribution in [-0.4, -0.2) is 12.5 Å². The van der Waals surface area contributed by atoms with Gasteiger partial charge in [-0.3, -0.25) is 4.79 Å². The molecule has 0 spiro atoms. The Kier molecular flexibility index (Phi) is 2.12. The lowest BCUT2D eigenvalue weighted by molar-refractivity contribution is -0.112. The number of hydrogen-bond donors (Lipinski definition) is 0. The fourth-order valence-corrected chi connectivity index (χ4v) is 1.90. The molecule has 1 aromatic carbocycles. The fourth-order valence-electron chi connectivity index (χ4n) is 1.90. The van der Waals surface area contributed by atoms with Gasteiger partial charge in [0.1, 0.15) is 0 Å². The van der Waals surface area contributed by atoms with Crippen molar-refractivity contribution in [2.75, 3.05) is 11.4 Å². The minimum absolute atomic E-state index is 0.121. The predicted octanol–water partition coefficient (Wildman–Crippen LogP) is 2.46. The second-order valence-electron chi connectivity index (χ2n) is 3.27. The van der Waals surface area contributed by atoms with E-state index >= 15 is 0 Å². The Hall–Kier alpha value is -1.57. The lowest BCUT2D eigenvalue weighted by Gasteiger charge is -2.13. The molecule has 14 heavy (non-hydrogen) atoms. The summed E-state index contributed by atoms with van der Waals surface area (Å²) in [6.07, 6.45) is 1.89. The summed E-state index contributed by atoms with van der Waals surface area (Å²) >= 11 is 0. The van der Waals surface area contributed by atoms with E-state index in [9.17, 15) is 4.79 Å². The lowest BCUT2D eigenvalue weighted by Crippen LogP contribution is -2.25. The standard InChI is InChI=1S/C12H13NO/c1-3-9-10-7-5-6-8-11(10)13(4-2)12(9)14/h3,5-8H,4H2,1-2H3/b9-3-. The molecule has 0 atom stereocenters. The second-order valence-corrected chi connectivity index (χ2v) is 3.27. The normalized spacial score (nSPS) is 17.7. The van der Waals surface area contributed by atoms with E-state index in [-0.39, 0.29) is 5.91 Å². The summed E-state index contributed by atoms with van der Waals surface area (Å²) < 4.78 is 0. The SMILES string of the molecule is C/C=C1\C(=O)N(CC)c2ccccc21. The zero-order valence-corrected chi connectivity index (χ0v) is 8.45. The largest absolute Gasteiger partial charge is 0.308 e. The van der Waals surface area contributed by atoms with Gasteiger partial charge in [0.25, 0.3) is 5.91 Å². The van der Waals surface area contributed by atoms with Gasteiger partial charge in [-0.2, -0.15) is 0 Å². The van der Waals surface area contributed by atoms with Gasteiger partial charge in [-0.15, -0.1) is 0 Å². The van der Waals surface area contributed by atoms with E-state index in [2.05, 4.69) is 0 Å². The highest BCUT2D eigenvalue weighted by molar-refractivity contribution is 6.32. The van der Waals surface area contributed by atoms with Gasteiger partial charge in [0, 0.05) is 17.7 Å². The number of benzene rings is 1. The molecule has 0 unspecified atom stereocenters. The van der Waals surface area contributed by atoms with Gasteiger partial charge in [0.15, 0.2) is 0 Å². The summed E-state index contributed by atoms with van der Waals surface area (Å²) in [5.74, 6) is 0.121. The monoisotopic (exact) mass is 187 g/mol. The zero-order chi connectivity index (χ0) is 10.1. The summed E-state index contributed by atoms with van der Waals surface area (Å²) in [5, 5.41) is 0. The minimum Gasteiger partial charge on any atom is -0.308 e. The van der Waals surface area contributed by atoms with Crippen LogP contribution in [0.3, 0.4) is 0 Å². The highest BCUT2D eigenvalue weighted by atomic mass is 16.2. The Morgan fingerprint density at radius 2 is 2.07 bits per heavy atom. The van der Waals surface area contributed by atoms with E-state index in [0.29, 0.717) is 0 Å². The third-order valence-corrected chi connectivity index (χ3v) is 2.57. The van der Waals surface area contributed by atoms with Crippen LogP contribution in [-0.2, 0) is 4.79 Å². The first-order chi connectivity index (χ1) is 6.79. The summed E-state index contributed by atoms with van der Waals surface area (Å²) in [5.41, 5.74) is 2.91. The summed E-state index contributed by atoms with van der Waals surface area (Å²) in [6.45, 7) is 4.63. The molecule has 2 rings (SSSR count). The molecule has 0 aromatic heterocycles. The number of anilines is 1. The van der Waals surface area contributed by atoms with Crippen LogP contribution in [0, 0.1) is 0 Å². The fraction of sp³-hybridized carbons (Fsp3) is 0.250. The van der Waals surface area contributed by atoms with Gasteiger partial charge < -0.3 is 4.90 Å². The van der Waals surface area contributed by atoms with Crippen LogP contribution >= 0.6 is 0 Å². The van der Waals surface area contributed by atoms with Crippen LogP contribution in [0.5, 0.6) is 0 Å². The maximum Gasteiger partial charge on any atom is 0.258 e. The quantitative estimate of drug-likeness (QED) is 0.618. The molecular formula is C12H13NO. The Balaban J connectivity index is 2.62. The number of amides is 1. The van der Waals surface area contributed by atoms with Gasteiger partial charge in [-0.25, -0.2) is 0 Å². The third kappa shape index (κ3) is 1.07. The molecule has 0 N–H and O–H groups in total. The van der Waals surface area contributed by atoms with Gasteiger partial charge in [-0.1, -0.05) is 24.3 Å². The number of likely N-dealkylation sites (N-methyl/N-ethyl adjacent to an activating group) is 1. The molecule has 1 heterocycles. The van der Waals surface area contributed by atoms with Gasteiger partial charge in [-0.05, 0) is 19.9 Å². The van der Waals surface area contributed by atoms with Gasteiger partial charge >= 0.3 is 0 Å². The first-order valence-electron chi connectivity index (χ1n) is 4.87. The van der Waals surface area contributed by atoms with E-state index in [1.54, 1.807) is 0 Å². The maximum atomic E-state index is 11.9. The van der Waals surface area contributed by atoms with Crippen molar-refractivity contribution in [1.29, 1.82) is 0 Å². The lowest BCUT2D eigenvalue weighted by atomic mass is 10.1. The van der Waals surface area contributed by atoms with Gasteiger partial charge in [0.2, 0.25) is 0 Å². The summed E-state index contributed by atoms with van der Waals surface area (Å²) in [6, 6.07) is 7.92. The minimum atomic E-state index is 0.121. The molecule has 0 saturated heterocycles. The molecule has 0 radical (unpaired) electrons. The summed E-state index contributed by atoms with van der Waals surface area (Å²) in [7, 11) is 0.